The summed E-state index contributed by atoms with van der Waals surface area (Å²) < 4.78 is 29.6. The topological polar surface area (TPSA) is 106 Å². The van der Waals surface area contributed by atoms with Crippen molar-refractivity contribution < 1.29 is 13.2 Å². The summed E-state index contributed by atoms with van der Waals surface area (Å²) >= 11 is 0. The number of para-hydroxylation sites is 1. The van der Waals surface area contributed by atoms with Gasteiger partial charge in [0.05, 0.1) is 17.3 Å². The van der Waals surface area contributed by atoms with Crippen molar-refractivity contribution in [1.82, 2.24) is 9.80 Å². The summed E-state index contributed by atoms with van der Waals surface area (Å²) in [6, 6.07) is 21.2. The highest BCUT2D eigenvalue weighted by molar-refractivity contribution is 7.92. The summed E-state index contributed by atoms with van der Waals surface area (Å²) in [5, 5.41) is 9.14. The van der Waals surface area contributed by atoms with E-state index in [1.807, 2.05) is 55.5 Å². The molecule has 0 aromatic heterocycles. The normalized spacial score (nSPS) is 14.7. The summed E-state index contributed by atoms with van der Waals surface area (Å²) in [5.41, 5.74) is 4.30. The van der Waals surface area contributed by atoms with E-state index in [-0.39, 0.29) is 10.8 Å². The minimum atomic E-state index is -3.99. The quantitative estimate of drug-likeness (QED) is 0.193. The average molecular weight is 620 g/mol. The van der Waals surface area contributed by atoms with Crippen LogP contribution in [0.5, 0.6) is 0 Å². The van der Waals surface area contributed by atoms with Crippen molar-refractivity contribution in [3.63, 3.8) is 0 Å². The Kier molecular flexibility index (Phi) is 11.4. The molecule has 0 aliphatic carbocycles. The number of nitrogens with zero attached hydrogens (tertiary/aromatic N) is 4. The van der Waals surface area contributed by atoms with Crippen molar-refractivity contribution >= 4 is 33.5 Å². The lowest BCUT2D eigenvalue weighted by Gasteiger charge is -2.34. The number of sulfonamides is 1. The molecule has 1 N–H and O–H groups in total. The molecule has 3 aromatic rings. The highest BCUT2D eigenvalue weighted by Gasteiger charge is 2.23. The molecule has 8 nitrogen and oxygen atoms in total. The first-order valence-electron chi connectivity index (χ1n) is 14.6. The number of nitriles is 1. The Morgan fingerprint density at radius 2 is 1.76 bits per heavy atom. The molecule has 1 fully saturated rings. The molecular formula is C36H37N5O3S. The van der Waals surface area contributed by atoms with Crippen molar-refractivity contribution in [3.8, 4) is 6.07 Å². The first-order chi connectivity index (χ1) is 21.7. The molecule has 4 rings (SSSR count). The molecule has 1 amide bonds. The monoisotopic (exact) mass is 619 g/mol. The summed E-state index contributed by atoms with van der Waals surface area (Å²) in [4.78, 5) is 21.8. The zero-order valence-electron chi connectivity index (χ0n) is 25.6. The highest BCUT2D eigenvalue weighted by atomic mass is 32.2. The number of nitrogens with one attached hydrogen (secondary N) is 1. The third-order valence-corrected chi connectivity index (χ3v) is 8.69. The molecule has 0 radical (unpaired) electrons. The van der Waals surface area contributed by atoms with Crippen molar-refractivity contribution in [2.24, 2.45) is 4.99 Å². The van der Waals surface area contributed by atoms with Gasteiger partial charge in [0.25, 0.3) is 15.9 Å². The molecule has 1 saturated heterocycles. The van der Waals surface area contributed by atoms with Crippen LogP contribution in [0.1, 0.15) is 34.0 Å². The number of benzene rings is 3. The van der Waals surface area contributed by atoms with E-state index in [1.165, 1.54) is 6.07 Å². The number of aliphatic imine (C=N–C) groups is 1. The fourth-order valence-electron chi connectivity index (χ4n) is 4.84. The number of rotatable bonds is 11. The number of aryl methyl sites for hydroxylation is 1. The summed E-state index contributed by atoms with van der Waals surface area (Å²) in [5.74, 6) is -0.0996. The zero-order valence-corrected chi connectivity index (χ0v) is 26.4. The SMILES string of the molecule is C=C/C(C=Nc1c(C)cccc1S(=O)(=O)Nc1ccc(C(=O)N2CCN(Cc3cccc(C#N)c3)CC2)cc1)=C/C=C\C=C/C. The molecule has 0 bridgehead atoms. The van der Waals surface area contributed by atoms with Crippen LogP contribution in [-0.4, -0.2) is 56.5 Å². The van der Waals surface area contributed by atoms with E-state index in [9.17, 15) is 13.2 Å². The van der Waals surface area contributed by atoms with E-state index in [4.69, 9.17) is 5.26 Å². The molecule has 0 spiro atoms. The van der Waals surface area contributed by atoms with Gasteiger partial charge in [0.2, 0.25) is 0 Å². The van der Waals surface area contributed by atoms with E-state index in [0.717, 1.165) is 30.8 Å². The Morgan fingerprint density at radius 1 is 1.02 bits per heavy atom. The fourth-order valence-corrected chi connectivity index (χ4v) is 6.12. The Labute approximate surface area is 266 Å². The van der Waals surface area contributed by atoms with Crippen molar-refractivity contribution in [3.05, 3.63) is 138 Å². The first-order valence-corrected chi connectivity index (χ1v) is 16.1. The first kappa shape index (κ1) is 32.9. The van der Waals surface area contributed by atoms with Crippen LogP contribution >= 0.6 is 0 Å². The number of piperazine rings is 1. The maximum absolute atomic E-state index is 13.5. The Bertz CT molecular complexity index is 1790. The van der Waals surface area contributed by atoms with Crippen LogP contribution in [0.2, 0.25) is 0 Å². The van der Waals surface area contributed by atoms with Crippen LogP contribution < -0.4 is 4.72 Å². The highest BCUT2D eigenvalue weighted by Crippen LogP contribution is 2.30. The Hall–Kier alpha value is -5.04. The minimum Gasteiger partial charge on any atom is -0.336 e. The van der Waals surface area contributed by atoms with Gasteiger partial charge < -0.3 is 4.90 Å². The molecule has 0 atom stereocenters. The molecule has 45 heavy (non-hydrogen) atoms. The molecule has 1 heterocycles. The predicted octanol–water partition coefficient (Wildman–Crippen LogP) is 6.57. The minimum absolute atomic E-state index is 0.0454. The predicted molar refractivity (Wildman–Crippen MR) is 181 cm³/mol. The van der Waals surface area contributed by atoms with Gasteiger partial charge >= 0.3 is 0 Å². The summed E-state index contributed by atoms with van der Waals surface area (Å²) in [6.07, 6.45) is 12.6. The van der Waals surface area contributed by atoms with Crippen LogP contribution in [-0.2, 0) is 16.6 Å². The number of amides is 1. The van der Waals surface area contributed by atoms with Gasteiger partial charge in [-0.2, -0.15) is 5.26 Å². The second-order valence-electron chi connectivity index (χ2n) is 10.5. The van der Waals surface area contributed by atoms with Gasteiger partial charge in [0, 0.05) is 50.2 Å². The van der Waals surface area contributed by atoms with Crippen LogP contribution in [0, 0.1) is 18.3 Å². The number of carbonyl (C=O) groups excluding carboxylic acids is 1. The van der Waals surface area contributed by atoms with E-state index in [2.05, 4.69) is 27.3 Å². The lowest BCUT2D eigenvalue weighted by Crippen LogP contribution is -2.48. The van der Waals surface area contributed by atoms with E-state index < -0.39 is 10.0 Å². The Balaban J connectivity index is 1.41. The van der Waals surface area contributed by atoms with Gasteiger partial charge in [0.15, 0.2) is 0 Å². The smallest absolute Gasteiger partial charge is 0.264 e. The van der Waals surface area contributed by atoms with Crippen LogP contribution in [0.25, 0.3) is 0 Å². The molecule has 230 valence electrons. The van der Waals surface area contributed by atoms with Gasteiger partial charge in [-0.25, -0.2) is 8.42 Å². The molecule has 3 aromatic carbocycles. The number of anilines is 1. The molecule has 0 saturated carbocycles. The standard InChI is InChI=1S/C36H37N5O3S/c1-4-6-7-8-12-29(5-2)26-38-35-28(3)11-9-15-34(35)45(43,44)39-33-18-16-32(17-19-33)36(42)41-22-20-40(21-23-41)27-31-14-10-13-30(24-31)25-37/h4-19,24,26,39H,2,20-23,27H2,1,3H3/b6-4-,8-7-,29-12-,38-26?. The number of allylic oxidation sites excluding steroid dienone is 7. The van der Waals surface area contributed by atoms with E-state index in [1.54, 1.807) is 66.6 Å². The van der Waals surface area contributed by atoms with Crippen molar-refractivity contribution in [2.45, 2.75) is 25.3 Å². The molecule has 1 aliphatic rings. The number of hydrogen-bond donors (Lipinski definition) is 1. The lowest BCUT2D eigenvalue weighted by molar-refractivity contribution is 0.0628. The molecular weight excluding hydrogens is 582 g/mol. The molecule has 9 heteroatoms. The van der Waals surface area contributed by atoms with E-state index >= 15 is 0 Å². The second-order valence-corrected chi connectivity index (χ2v) is 12.2. The van der Waals surface area contributed by atoms with Gasteiger partial charge in [-0.1, -0.05) is 67.3 Å². The van der Waals surface area contributed by atoms with Gasteiger partial charge in [-0.05, 0) is 73.0 Å². The zero-order chi connectivity index (χ0) is 32.2. The molecule has 0 unspecified atom stereocenters. The maximum Gasteiger partial charge on any atom is 0.264 e. The fraction of sp³-hybridized carbons (Fsp3) is 0.194. The Morgan fingerprint density at radius 3 is 2.44 bits per heavy atom. The summed E-state index contributed by atoms with van der Waals surface area (Å²) in [7, 11) is -3.99. The second kappa shape index (κ2) is 15.6. The van der Waals surface area contributed by atoms with E-state index in [0.29, 0.717) is 41.2 Å². The molecule has 1 aliphatic heterocycles. The van der Waals surface area contributed by atoms with Crippen LogP contribution in [0.4, 0.5) is 11.4 Å². The van der Waals surface area contributed by atoms with Gasteiger partial charge in [0.1, 0.15) is 4.90 Å². The number of hydrogen-bond acceptors (Lipinski definition) is 6. The van der Waals surface area contributed by atoms with Gasteiger partial charge in [-0.15, -0.1) is 0 Å². The average Bonchev–Trinajstić information content (AvgIpc) is 3.05. The van der Waals surface area contributed by atoms with Gasteiger partial charge in [-0.3, -0.25) is 19.4 Å². The maximum atomic E-state index is 13.5. The number of carbonyl (C=O) groups is 1. The summed E-state index contributed by atoms with van der Waals surface area (Å²) in [6.45, 7) is 10.9. The van der Waals surface area contributed by atoms with Crippen molar-refractivity contribution in [2.75, 3.05) is 30.9 Å². The van der Waals surface area contributed by atoms with Crippen LogP contribution in [0.15, 0.2) is 125 Å². The largest absolute Gasteiger partial charge is 0.336 e. The van der Waals surface area contributed by atoms with Crippen LogP contribution in [0.3, 0.4) is 0 Å². The lowest BCUT2D eigenvalue weighted by atomic mass is 10.1. The third kappa shape index (κ3) is 8.99. The third-order valence-electron chi connectivity index (χ3n) is 7.28. The van der Waals surface area contributed by atoms with Crippen molar-refractivity contribution in [1.29, 1.82) is 5.26 Å².